The standard InChI is InChI=1S/C13H21N3O/c1-12(11-16-5-7-17-8-6-16)15-10-13-3-2-4-14-9-13/h2-4,9,12,15H,5-8,10-11H2,1H3. The largest absolute Gasteiger partial charge is 0.379 e. The van der Waals surface area contributed by atoms with E-state index in [-0.39, 0.29) is 0 Å². The first-order chi connectivity index (χ1) is 8.34. The van der Waals surface area contributed by atoms with Crippen molar-refractivity contribution in [2.75, 3.05) is 32.8 Å². The number of hydrogen-bond acceptors (Lipinski definition) is 4. The van der Waals surface area contributed by atoms with Crippen LogP contribution in [0.1, 0.15) is 12.5 Å². The molecule has 0 bridgehead atoms. The lowest BCUT2D eigenvalue weighted by Crippen LogP contribution is -2.44. The smallest absolute Gasteiger partial charge is 0.0594 e. The van der Waals surface area contributed by atoms with Gasteiger partial charge in [-0.3, -0.25) is 9.88 Å². The summed E-state index contributed by atoms with van der Waals surface area (Å²) >= 11 is 0. The van der Waals surface area contributed by atoms with Gasteiger partial charge in [-0.1, -0.05) is 6.07 Å². The molecule has 0 amide bonds. The van der Waals surface area contributed by atoms with Crippen LogP contribution in [0.4, 0.5) is 0 Å². The predicted octanol–water partition coefficient (Wildman–Crippen LogP) is 0.892. The highest BCUT2D eigenvalue weighted by atomic mass is 16.5. The van der Waals surface area contributed by atoms with E-state index in [0.29, 0.717) is 6.04 Å². The van der Waals surface area contributed by atoms with Crippen molar-refractivity contribution >= 4 is 0 Å². The zero-order valence-corrected chi connectivity index (χ0v) is 10.4. The van der Waals surface area contributed by atoms with Gasteiger partial charge < -0.3 is 10.1 Å². The molecule has 1 aromatic rings. The van der Waals surface area contributed by atoms with Crippen LogP contribution in [-0.2, 0) is 11.3 Å². The molecule has 1 saturated heterocycles. The molecule has 1 unspecified atom stereocenters. The number of morpholine rings is 1. The molecule has 2 rings (SSSR count). The Labute approximate surface area is 103 Å². The fraction of sp³-hybridized carbons (Fsp3) is 0.615. The highest BCUT2D eigenvalue weighted by Gasteiger charge is 2.13. The van der Waals surface area contributed by atoms with E-state index >= 15 is 0 Å². The maximum atomic E-state index is 5.34. The minimum atomic E-state index is 0.494. The Morgan fingerprint density at radius 3 is 3.00 bits per heavy atom. The fourth-order valence-corrected chi connectivity index (χ4v) is 2.03. The second-order valence-electron chi connectivity index (χ2n) is 4.56. The molecule has 17 heavy (non-hydrogen) atoms. The zero-order chi connectivity index (χ0) is 11.9. The van der Waals surface area contributed by atoms with Crippen molar-refractivity contribution in [1.82, 2.24) is 15.2 Å². The van der Waals surface area contributed by atoms with Crippen LogP contribution in [0, 0.1) is 0 Å². The highest BCUT2D eigenvalue weighted by molar-refractivity contribution is 5.07. The summed E-state index contributed by atoms with van der Waals surface area (Å²) in [4.78, 5) is 6.56. The Morgan fingerprint density at radius 2 is 2.29 bits per heavy atom. The van der Waals surface area contributed by atoms with Gasteiger partial charge in [0.15, 0.2) is 0 Å². The monoisotopic (exact) mass is 235 g/mol. The van der Waals surface area contributed by atoms with Gasteiger partial charge in [0.1, 0.15) is 0 Å². The minimum Gasteiger partial charge on any atom is -0.379 e. The quantitative estimate of drug-likeness (QED) is 0.822. The molecule has 2 heterocycles. The molecule has 1 aliphatic heterocycles. The first-order valence-electron chi connectivity index (χ1n) is 6.27. The van der Waals surface area contributed by atoms with Crippen LogP contribution < -0.4 is 5.32 Å². The van der Waals surface area contributed by atoms with Crippen molar-refractivity contribution in [3.63, 3.8) is 0 Å². The zero-order valence-electron chi connectivity index (χ0n) is 10.4. The molecule has 1 aromatic heterocycles. The molecule has 1 atom stereocenters. The van der Waals surface area contributed by atoms with Gasteiger partial charge in [-0.05, 0) is 18.6 Å². The average molecular weight is 235 g/mol. The maximum Gasteiger partial charge on any atom is 0.0594 e. The average Bonchev–Trinajstić information content (AvgIpc) is 2.39. The van der Waals surface area contributed by atoms with Gasteiger partial charge in [0.25, 0.3) is 0 Å². The number of nitrogens with zero attached hydrogens (tertiary/aromatic N) is 2. The number of ether oxygens (including phenoxy) is 1. The molecule has 0 radical (unpaired) electrons. The van der Waals surface area contributed by atoms with E-state index in [0.717, 1.165) is 39.4 Å². The lowest BCUT2D eigenvalue weighted by molar-refractivity contribution is 0.0343. The van der Waals surface area contributed by atoms with Gasteiger partial charge in [-0.2, -0.15) is 0 Å². The molecule has 0 aliphatic carbocycles. The number of pyridine rings is 1. The number of aromatic nitrogens is 1. The molecule has 4 nitrogen and oxygen atoms in total. The van der Waals surface area contributed by atoms with Crippen LogP contribution in [-0.4, -0.2) is 48.8 Å². The van der Waals surface area contributed by atoms with Crippen LogP contribution >= 0.6 is 0 Å². The van der Waals surface area contributed by atoms with Crippen LogP contribution in [0.15, 0.2) is 24.5 Å². The Hall–Kier alpha value is -0.970. The third-order valence-corrected chi connectivity index (χ3v) is 3.01. The van der Waals surface area contributed by atoms with Crippen LogP contribution in [0.3, 0.4) is 0 Å². The normalized spacial score (nSPS) is 19.1. The van der Waals surface area contributed by atoms with Gasteiger partial charge in [-0.15, -0.1) is 0 Å². The lowest BCUT2D eigenvalue weighted by Gasteiger charge is -2.29. The van der Waals surface area contributed by atoms with E-state index in [4.69, 9.17) is 4.74 Å². The molecular weight excluding hydrogens is 214 g/mol. The van der Waals surface area contributed by atoms with Crippen molar-refractivity contribution in [1.29, 1.82) is 0 Å². The summed E-state index contributed by atoms with van der Waals surface area (Å²) in [6.07, 6.45) is 3.72. The summed E-state index contributed by atoms with van der Waals surface area (Å²) in [6.45, 7) is 8.05. The van der Waals surface area contributed by atoms with Crippen molar-refractivity contribution in [2.24, 2.45) is 0 Å². The van der Waals surface area contributed by atoms with Crippen LogP contribution in [0.5, 0.6) is 0 Å². The third kappa shape index (κ3) is 4.42. The summed E-state index contributed by atoms with van der Waals surface area (Å²) in [7, 11) is 0. The second kappa shape index (κ2) is 6.69. The molecule has 4 heteroatoms. The van der Waals surface area contributed by atoms with Crippen LogP contribution in [0.2, 0.25) is 0 Å². The van der Waals surface area contributed by atoms with Gasteiger partial charge in [-0.25, -0.2) is 0 Å². The van der Waals surface area contributed by atoms with E-state index in [1.54, 1.807) is 6.20 Å². The Balaban J connectivity index is 1.68. The van der Waals surface area contributed by atoms with E-state index in [9.17, 15) is 0 Å². The van der Waals surface area contributed by atoms with Crippen molar-refractivity contribution in [3.05, 3.63) is 30.1 Å². The third-order valence-electron chi connectivity index (χ3n) is 3.01. The molecular formula is C13H21N3O. The Morgan fingerprint density at radius 1 is 1.47 bits per heavy atom. The Bertz CT molecular complexity index is 312. The topological polar surface area (TPSA) is 37.4 Å². The summed E-state index contributed by atoms with van der Waals surface area (Å²) in [6, 6.07) is 4.57. The Kier molecular flexibility index (Phi) is 4.91. The molecule has 94 valence electrons. The number of rotatable bonds is 5. The highest BCUT2D eigenvalue weighted by Crippen LogP contribution is 2.00. The molecule has 1 N–H and O–H groups in total. The van der Waals surface area contributed by atoms with E-state index in [1.165, 1.54) is 5.56 Å². The second-order valence-corrected chi connectivity index (χ2v) is 4.56. The fourth-order valence-electron chi connectivity index (χ4n) is 2.03. The SMILES string of the molecule is CC(CN1CCOCC1)NCc1cccnc1. The van der Waals surface area contributed by atoms with Crippen molar-refractivity contribution in [3.8, 4) is 0 Å². The number of nitrogens with one attached hydrogen (secondary N) is 1. The first kappa shape index (κ1) is 12.5. The van der Waals surface area contributed by atoms with E-state index in [1.807, 2.05) is 12.3 Å². The van der Waals surface area contributed by atoms with Crippen LogP contribution in [0.25, 0.3) is 0 Å². The molecule has 1 aliphatic rings. The van der Waals surface area contributed by atoms with Gasteiger partial charge in [0.2, 0.25) is 0 Å². The van der Waals surface area contributed by atoms with Crippen molar-refractivity contribution < 1.29 is 4.74 Å². The summed E-state index contributed by atoms with van der Waals surface area (Å²) in [5, 5.41) is 3.52. The molecule has 1 fully saturated rings. The summed E-state index contributed by atoms with van der Waals surface area (Å²) in [5.74, 6) is 0. The maximum absolute atomic E-state index is 5.34. The molecule has 0 saturated carbocycles. The van der Waals surface area contributed by atoms with Gasteiger partial charge >= 0.3 is 0 Å². The van der Waals surface area contributed by atoms with Crippen molar-refractivity contribution in [2.45, 2.75) is 19.5 Å². The van der Waals surface area contributed by atoms with Gasteiger partial charge in [0.05, 0.1) is 13.2 Å². The van der Waals surface area contributed by atoms with E-state index < -0.39 is 0 Å². The number of hydrogen-bond donors (Lipinski definition) is 1. The summed E-state index contributed by atoms with van der Waals surface area (Å²) < 4.78 is 5.34. The molecule has 0 spiro atoms. The summed E-state index contributed by atoms with van der Waals surface area (Å²) in [5.41, 5.74) is 1.24. The lowest BCUT2D eigenvalue weighted by atomic mass is 10.2. The first-order valence-corrected chi connectivity index (χ1v) is 6.27. The van der Waals surface area contributed by atoms with Gasteiger partial charge in [0, 0.05) is 44.6 Å². The minimum absolute atomic E-state index is 0.494. The predicted molar refractivity (Wildman–Crippen MR) is 67.8 cm³/mol. The van der Waals surface area contributed by atoms with E-state index in [2.05, 4.69) is 28.2 Å². The molecule has 0 aromatic carbocycles.